The molecule has 0 aliphatic heterocycles. The molecule has 3 N–H and O–H groups in total. The summed E-state index contributed by atoms with van der Waals surface area (Å²) in [5.74, 6) is 6.35. The fourth-order valence-corrected chi connectivity index (χ4v) is 3.06. The third-order valence-corrected chi connectivity index (χ3v) is 3.94. The van der Waals surface area contributed by atoms with E-state index in [-0.39, 0.29) is 0 Å². The van der Waals surface area contributed by atoms with Crippen molar-refractivity contribution in [1.29, 1.82) is 0 Å². The predicted octanol–water partition coefficient (Wildman–Crippen LogP) is 3.13. The summed E-state index contributed by atoms with van der Waals surface area (Å²) in [6.45, 7) is 2.22. The van der Waals surface area contributed by atoms with Crippen LogP contribution in [0.15, 0.2) is 24.3 Å². The molecule has 0 saturated heterocycles. The number of nitrogens with one attached hydrogen (secondary N) is 1. The van der Waals surface area contributed by atoms with Gasteiger partial charge < -0.3 is 0 Å². The zero-order valence-electron chi connectivity index (χ0n) is 10.8. The third kappa shape index (κ3) is 3.08. The molecule has 2 nitrogen and oxygen atoms in total. The number of nitrogens with two attached hydrogens (primary N) is 1. The van der Waals surface area contributed by atoms with Gasteiger partial charge >= 0.3 is 0 Å². The fraction of sp³-hybridized carbons (Fsp3) is 0.600. The first-order chi connectivity index (χ1) is 8.35. The van der Waals surface area contributed by atoms with Crippen molar-refractivity contribution in [2.75, 3.05) is 0 Å². The number of fused-ring (bicyclic) bond motifs is 1. The van der Waals surface area contributed by atoms with Crippen molar-refractivity contribution in [2.45, 2.75) is 57.4 Å². The van der Waals surface area contributed by atoms with Gasteiger partial charge in [0.2, 0.25) is 0 Å². The van der Waals surface area contributed by atoms with Crippen LogP contribution in [0.4, 0.5) is 0 Å². The molecular formula is C15H24N2. The summed E-state index contributed by atoms with van der Waals surface area (Å²) in [5.41, 5.74) is 6.10. The van der Waals surface area contributed by atoms with E-state index in [4.69, 9.17) is 5.84 Å². The highest BCUT2D eigenvalue weighted by Crippen LogP contribution is 2.34. The summed E-state index contributed by atoms with van der Waals surface area (Å²) in [7, 11) is 0. The van der Waals surface area contributed by atoms with Crippen LogP contribution in [0.5, 0.6) is 0 Å². The van der Waals surface area contributed by atoms with Crippen molar-refractivity contribution in [3.8, 4) is 0 Å². The van der Waals surface area contributed by atoms with E-state index in [0.717, 1.165) is 0 Å². The van der Waals surface area contributed by atoms with Crippen LogP contribution in [0.3, 0.4) is 0 Å². The van der Waals surface area contributed by atoms with Gasteiger partial charge in [0.1, 0.15) is 0 Å². The highest BCUT2D eigenvalue weighted by atomic mass is 15.2. The van der Waals surface area contributed by atoms with Crippen molar-refractivity contribution in [2.24, 2.45) is 5.84 Å². The number of aryl methyl sites for hydroxylation is 1. The number of hydrogen-bond acceptors (Lipinski definition) is 2. The number of benzene rings is 1. The Bertz CT molecular complexity index is 349. The van der Waals surface area contributed by atoms with Gasteiger partial charge in [-0.25, -0.2) is 0 Å². The van der Waals surface area contributed by atoms with Gasteiger partial charge in [-0.2, -0.15) is 0 Å². The van der Waals surface area contributed by atoms with E-state index in [2.05, 4.69) is 36.6 Å². The van der Waals surface area contributed by atoms with Crippen molar-refractivity contribution in [1.82, 2.24) is 5.43 Å². The van der Waals surface area contributed by atoms with Gasteiger partial charge in [0, 0.05) is 6.04 Å². The largest absolute Gasteiger partial charge is 0.271 e. The molecule has 94 valence electrons. The predicted molar refractivity (Wildman–Crippen MR) is 72.8 cm³/mol. The molecule has 0 bridgehead atoms. The van der Waals surface area contributed by atoms with E-state index in [1.807, 2.05) is 0 Å². The topological polar surface area (TPSA) is 38.0 Å². The highest BCUT2D eigenvalue weighted by Gasteiger charge is 2.22. The summed E-state index contributed by atoms with van der Waals surface area (Å²) in [5, 5.41) is 0. The lowest BCUT2D eigenvalue weighted by atomic mass is 9.79. The van der Waals surface area contributed by atoms with E-state index in [0.29, 0.717) is 12.0 Å². The Hall–Kier alpha value is -0.860. The number of rotatable bonds is 5. The van der Waals surface area contributed by atoms with Crippen molar-refractivity contribution < 1.29 is 0 Å². The number of hydrogen-bond donors (Lipinski definition) is 2. The lowest BCUT2D eigenvalue weighted by Gasteiger charge is -2.28. The second kappa shape index (κ2) is 6.18. The Morgan fingerprint density at radius 3 is 3.00 bits per heavy atom. The van der Waals surface area contributed by atoms with Crippen LogP contribution in [-0.2, 0) is 6.42 Å². The molecule has 2 unspecified atom stereocenters. The van der Waals surface area contributed by atoms with Crippen molar-refractivity contribution in [3.63, 3.8) is 0 Å². The van der Waals surface area contributed by atoms with Gasteiger partial charge in [0.15, 0.2) is 0 Å². The molecular weight excluding hydrogens is 208 g/mol. The van der Waals surface area contributed by atoms with Crippen LogP contribution >= 0.6 is 0 Å². The summed E-state index contributed by atoms with van der Waals surface area (Å²) in [6.07, 6.45) is 7.45. The van der Waals surface area contributed by atoms with E-state index >= 15 is 0 Å². The molecule has 0 radical (unpaired) electrons. The second-order valence-corrected chi connectivity index (χ2v) is 5.18. The van der Waals surface area contributed by atoms with Crippen LogP contribution in [0.1, 0.15) is 56.1 Å². The SMILES string of the molecule is CCCC(CC1CCCc2ccccc21)NN. The summed E-state index contributed by atoms with van der Waals surface area (Å²) >= 11 is 0. The zero-order valence-corrected chi connectivity index (χ0v) is 10.8. The van der Waals surface area contributed by atoms with Gasteiger partial charge in [-0.15, -0.1) is 0 Å². The van der Waals surface area contributed by atoms with Crippen LogP contribution in [0.2, 0.25) is 0 Å². The summed E-state index contributed by atoms with van der Waals surface area (Å²) in [4.78, 5) is 0. The second-order valence-electron chi connectivity index (χ2n) is 5.18. The third-order valence-electron chi connectivity index (χ3n) is 3.94. The van der Waals surface area contributed by atoms with E-state index in [9.17, 15) is 0 Å². The Kier molecular flexibility index (Phi) is 4.57. The van der Waals surface area contributed by atoms with Crippen LogP contribution < -0.4 is 11.3 Å². The Balaban J connectivity index is 2.07. The fourth-order valence-electron chi connectivity index (χ4n) is 3.06. The normalized spacial score (nSPS) is 20.9. The maximum atomic E-state index is 5.65. The molecule has 2 atom stereocenters. The molecule has 0 fully saturated rings. The molecule has 0 saturated carbocycles. The molecule has 1 aliphatic carbocycles. The minimum absolute atomic E-state index is 0.469. The minimum Gasteiger partial charge on any atom is -0.271 e. The number of hydrazine groups is 1. The van der Waals surface area contributed by atoms with Crippen LogP contribution in [0, 0.1) is 0 Å². The smallest absolute Gasteiger partial charge is 0.0216 e. The Morgan fingerprint density at radius 1 is 1.41 bits per heavy atom. The first kappa shape index (κ1) is 12.6. The standard InChI is InChI=1S/C15H24N2/c1-2-6-14(17-16)11-13-9-5-8-12-7-3-4-10-15(12)13/h3-4,7,10,13-14,17H,2,5-6,8-9,11,16H2,1H3. The average molecular weight is 232 g/mol. The maximum absolute atomic E-state index is 5.65. The van der Waals surface area contributed by atoms with Crippen LogP contribution in [0.25, 0.3) is 0 Å². The molecule has 1 aromatic rings. The van der Waals surface area contributed by atoms with Crippen LogP contribution in [-0.4, -0.2) is 6.04 Å². The molecule has 0 heterocycles. The lowest BCUT2D eigenvalue weighted by Crippen LogP contribution is -2.36. The highest BCUT2D eigenvalue weighted by molar-refractivity contribution is 5.32. The first-order valence-corrected chi connectivity index (χ1v) is 6.89. The monoisotopic (exact) mass is 232 g/mol. The van der Waals surface area contributed by atoms with Gasteiger partial charge in [0.25, 0.3) is 0 Å². The quantitative estimate of drug-likeness (QED) is 0.604. The van der Waals surface area contributed by atoms with Gasteiger partial charge in [-0.1, -0.05) is 37.6 Å². The zero-order chi connectivity index (χ0) is 12.1. The molecule has 17 heavy (non-hydrogen) atoms. The summed E-state index contributed by atoms with van der Waals surface area (Å²) in [6, 6.07) is 9.38. The minimum atomic E-state index is 0.469. The van der Waals surface area contributed by atoms with E-state index in [1.165, 1.54) is 38.5 Å². The lowest BCUT2D eigenvalue weighted by molar-refractivity contribution is 0.396. The average Bonchev–Trinajstić information content (AvgIpc) is 2.38. The molecule has 0 aromatic heterocycles. The van der Waals surface area contributed by atoms with Crippen molar-refractivity contribution in [3.05, 3.63) is 35.4 Å². The van der Waals surface area contributed by atoms with Crippen molar-refractivity contribution >= 4 is 0 Å². The van der Waals surface area contributed by atoms with Gasteiger partial charge in [0.05, 0.1) is 0 Å². The molecule has 0 amide bonds. The molecule has 0 spiro atoms. The molecule has 2 heteroatoms. The molecule has 1 aromatic carbocycles. The first-order valence-electron chi connectivity index (χ1n) is 6.89. The van der Waals surface area contributed by atoms with E-state index in [1.54, 1.807) is 11.1 Å². The molecule has 1 aliphatic rings. The molecule has 2 rings (SSSR count). The Morgan fingerprint density at radius 2 is 2.24 bits per heavy atom. The Labute approximate surface area is 105 Å². The van der Waals surface area contributed by atoms with Gasteiger partial charge in [-0.05, 0) is 49.1 Å². The summed E-state index contributed by atoms with van der Waals surface area (Å²) < 4.78 is 0. The van der Waals surface area contributed by atoms with E-state index < -0.39 is 0 Å². The maximum Gasteiger partial charge on any atom is 0.0216 e. The van der Waals surface area contributed by atoms with Gasteiger partial charge in [-0.3, -0.25) is 11.3 Å².